The molecule has 0 atom stereocenters. The second-order valence-corrected chi connectivity index (χ2v) is 9.09. The van der Waals surface area contributed by atoms with Gasteiger partial charge in [0.15, 0.2) is 11.5 Å². The van der Waals surface area contributed by atoms with Gasteiger partial charge >= 0.3 is 0 Å². The molecule has 5 aliphatic heterocycles. The fraction of sp³-hybridized carbons (Fsp3) is 0.500. The molecule has 0 spiro atoms. The molecule has 2 aromatic rings. The van der Waals surface area contributed by atoms with Gasteiger partial charge < -0.3 is 19.9 Å². The molecule has 4 nitrogen and oxygen atoms in total. The zero-order chi connectivity index (χ0) is 18.2. The number of fused-ring (bicyclic) bond motifs is 4. The van der Waals surface area contributed by atoms with Crippen molar-refractivity contribution < 1.29 is 4.74 Å². The molecule has 5 aliphatic rings. The number of benzene rings is 2. The van der Waals surface area contributed by atoms with Crippen LogP contribution in [-0.2, 0) is 25.7 Å². The molecule has 0 aliphatic carbocycles. The van der Waals surface area contributed by atoms with Crippen LogP contribution in [0.2, 0.25) is 0 Å². The predicted octanol–water partition coefficient (Wildman–Crippen LogP) is 4.93. The van der Waals surface area contributed by atoms with E-state index in [1.54, 1.807) is 0 Å². The third kappa shape index (κ3) is 2.01. The van der Waals surface area contributed by atoms with Crippen molar-refractivity contribution in [1.29, 1.82) is 0 Å². The van der Waals surface area contributed by atoms with E-state index < -0.39 is 0 Å². The Labute approximate surface area is 166 Å². The number of anilines is 4. The number of nitrogens with one attached hydrogen (secondary N) is 1. The average Bonchev–Trinajstić information content (AvgIpc) is 2.74. The van der Waals surface area contributed by atoms with Crippen molar-refractivity contribution in [3.05, 3.63) is 34.4 Å². The molecular weight excluding hydrogens is 346 g/mol. The largest absolute Gasteiger partial charge is 0.452 e. The number of hydrogen-bond acceptors (Lipinski definition) is 4. The van der Waals surface area contributed by atoms with Crippen LogP contribution in [0.1, 0.15) is 47.9 Å². The Balaban J connectivity index is 1.42. The topological polar surface area (TPSA) is 27.7 Å². The highest BCUT2D eigenvalue weighted by atomic mass is 16.5. The molecule has 0 saturated carbocycles. The molecule has 28 heavy (non-hydrogen) atoms. The number of rotatable bonds is 0. The molecule has 0 fully saturated rings. The highest BCUT2D eigenvalue weighted by Gasteiger charge is 2.34. The third-order valence-electron chi connectivity index (χ3n) is 7.42. The van der Waals surface area contributed by atoms with Gasteiger partial charge in [0.1, 0.15) is 0 Å². The lowest BCUT2D eigenvalue weighted by Crippen LogP contribution is -2.35. The maximum absolute atomic E-state index is 6.80. The Morgan fingerprint density at radius 1 is 0.643 bits per heavy atom. The van der Waals surface area contributed by atoms with Crippen molar-refractivity contribution in [2.75, 3.05) is 41.3 Å². The van der Waals surface area contributed by atoms with Crippen LogP contribution in [0.15, 0.2) is 12.1 Å². The summed E-state index contributed by atoms with van der Waals surface area (Å²) in [6, 6.07) is 4.76. The normalized spacial score (nSPS) is 21.0. The summed E-state index contributed by atoms with van der Waals surface area (Å²) in [5, 5.41) is 3.81. The maximum Gasteiger partial charge on any atom is 0.156 e. The number of ether oxygens (including phenoxy) is 1. The lowest BCUT2D eigenvalue weighted by atomic mass is 9.88. The monoisotopic (exact) mass is 373 g/mol. The van der Waals surface area contributed by atoms with E-state index in [1.165, 1.54) is 110 Å². The van der Waals surface area contributed by atoms with Crippen molar-refractivity contribution in [3.63, 3.8) is 0 Å². The van der Waals surface area contributed by atoms with Gasteiger partial charge in [-0.1, -0.05) is 0 Å². The van der Waals surface area contributed by atoms with Gasteiger partial charge in [-0.2, -0.15) is 0 Å². The zero-order valence-corrected chi connectivity index (χ0v) is 16.4. The summed E-state index contributed by atoms with van der Waals surface area (Å²) < 4.78 is 6.80. The van der Waals surface area contributed by atoms with E-state index in [2.05, 4.69) is 27.2 Å². The highest BCUT2D eigenvalue weighted by Crippen LogP contribution is 2.54. The quantitative estimate of drug-likeness (QED) is 0.604. The molecule has 7 rings (SSSR count). The minimum Gasteiger partial charge on any atom is -0.452 e. The van der Waals surface area contributed by atoms with E-state index >= 15 is 0 Å². The van der Waals surface area contributed by atoms with E-state index in [-0.39, 0.29) is 0 Å². The van der Waals surface area contributed by atoms with Crippen LogP contribution >= 0.6 is 0 Å². The Hall–Kier alpha value is -2.36. The van der Waals surface area contributed by atoms with Gasteiger partial charge in [0.05, 0.1) is 11.4 Å². The van der Waals surface area contributed by atoms with Crippen LogP contribution in [0.4, 0.5) is 22.7 Å². The van der Waals surface area contributed by atoms with Gasteiger partial charge in [0.25, 0.3) is 0 Å². The summed E-state index contributed by atoms with van der Waals surface area (Å²) in [6.07, 6.45) is 9.72. The van der Waals surface area contributed by atoms with Crippen molar-refractivity contribution in [2.24, 2.45) is 0 Å². The first-order valence-electron chi connectivity index (χ1n) is 11.2. The molecule has 1 N–H and O–H groups in total. The van der Waals surface area contributed by atoms with Crippen LogP contribution in [0.25, 0.3) is 0 Å². The molecule has 2 aromatic carbocycles. The fourth-order valence-corrected chi connectivity index (χ4v) is 6.33. The van der Waals surface area contributed by atoms with Gasteiger partial charge in [-0.3, -0.25) is 0 Å². The predicted molar refractivity (Wildman–Crippen MR) is 114 cm³/mol. The van der Waals surface area contributed by atoms with Crippen LogP contribution in [0, 0.1) is 0 Å². The molecular formula is C24H27N3O. The first kappa shape index (κ1) is 15.5. The summed E-state index contributed by atoms with van der Waals surface area (Å²) in [6.45, 7) is 4.82. The van der Waals surface area contributed by atoms with Gasteiger partial charge in [0, 0.05) is 48.7 Å². The van der Waals surface area contributed by atoms with Crippen molar-refractivity contribution in [3.8, 4) is 11.5 Å². The molecule has 4 heteroatoms. The number of hydrogen-bond donors (Lipinski definition) is 1. The molecule has 0 amide bonds. The number of nitrogens with zero attached hydrogens (tertiary/aromatic N) is 2. The zero-order valence-electron chi connectivity index (χ0n) is 16.4. The number of aryl methyl sites for hydroxylation is 2. The molecule has 0 unspecified atom stereocenters. The van der Waals surface area contributed by atoms with E-state index in [9.17, 15) is 0 Å². The minimum atomic E-state index is 1.11. The Bertz CT molecular complexity index is 928. The van der Waals surface area contributed by atoms with E-state index in [0.717, 1.165) is 24.3 Å². The summed E-state index contributed by atoms with van der Waals surface area (Å²) in [5.41, 5.74) is 11.3. The fourth-order valence-electron chi connectivity index (χ4n) is 6.33. The molecule has 0 radical (unpaired) electrons. The van der Waals surface area contributed by atoms with Crippen LogP contribution < -0.4 is 19.9 Å². The Kier molecular flexibility index (Phi) is 3.10. The molecule has 0 bridgehead atoms. The summed E-state index contributed by atoms with van der Waals surface area (Å²) >= 11 is 0. The van der Waals surface area contributed by atoms with E-state index in [0.29, 0.717) is 0 Å². The van der Waals surface area contributed by atoms with Gasteiger partial charge in [-0.25, -0.2) is 0 Å². The molecule has 144 valence electrons. The second kappa shape index (κ2) is 5.59. The third-order valence-corrected chi connectivity index (χ3v) is 7.42. The van der Waals surface area contributed by atoms with E-state index in [4.69, 9.17) is 4.74 Å². The lowest BCUT2D eigenvalue weighted by molar-refractivity contribution is 0.459. The molecule has 0 saturated heterocycles. The van der Waals surface area contributed by atoms with Crippen molar-refractivity contribution in [2.45, 2.75) is 51.4 Å². The minimum absolute atomic E-state index is 1.11. The van der Waals surface area contributed by atoms with Crippen molar-refractivity contribution >= 4 is 22.7 Å². The van der Waals surface area contributed by atoms with Crippen LogP contribution in [0.3, 0.4) is 0 Å². The van der Waals surface area contributed by atoms with Gasteiger partial charge in [-0.15, -0.1) is 0 Å². The standard InChI is InChI=1S/C24H27N3O/c1-5-15-13-19-23(17-7-3-11-26(9-1)21(15)17)28-24-18-8-4-12-27-10-2-6-16(22(18)27)14-20(24)25-19/h13-14,25H,1-12H2. The van der Waals surface area contributed by atoms with Crippen LogP contribution in [0.5, 0.6) is 11.5 Å². The first-order chi connectivity index (χ1) is 13.9. The summed E-state index contributed by atoms with van der Waals surface area (Å²) in [5.74, 6) is 2.23. The molecule has 0 aromatic heterocycles. The SMILES string of the molecule is c1c2c3c(c4c1Nc1cc5c6c(c1O4)CCCN6CCC5)CCCN3CCC2. The maximum atomic E-state index is 6.80. The second-order valence-electron chi connectivity index (χ2n) is 9.09. The highest BCUT2D eigenvalue weighted by molar-refractivity contribution is 5.87. The average molecular weight is 374 g/mol. The van der Waals surface area contributed by atoms with Gasteiger partial charge in [-0.05, 0) is 74.6 Å². The van der Waals surface area contributed by atoms with Crippen molar-refractivity contribution in [1.82, 2.24) is 0 Å². The van der Waals surface area contributed by atoms with E-state index in [1.807, 2.05) is 0 Å². The lowest BCUT2D eigenvalue weighted by Gasteiger charge is -2.41. The van der Waals surface area contributed by atoms with Gasteiger partial charge in [0.2, 0.25) is 0 Å². The summed E-state index contributed by atoms with van der Waals surface area (Å²) in [7, 11) is 0. The Morgan fingerprint density at radius 2 is 1.11 bits per heavy atom. The summed E-state index contributed by atoms with van der Waals surface area (Å²) in [4.78, 5) is 5.21. The van der Waals surface area contributed by atoms with Crippen LogP contribution in [-0.4, -0.2) is 26.2 Å². The first-order valence-corrected chi connectivity index (χ1v) is 11.2. The smallest absolute Gasteiger partial charge is 0.156 e. The molecule has 5 heterocycles. The Morgan fingerprint density at radius 3 is 1.61 bits per heavy atom.